The lowest BCUT2D eigenvalue weighted by Gasteiger charge is -2.30. The maximum Gasteiger partial charge on any atom is 0.132 e. The van der Waals surface area contributed by atoms with E-state index in [0.717, 1.165) is 44.2 Å². The molecule has 0 amide bonds. The topological polar surface area (TPSA) is 29.1 Å². The number of hydrogen-bond donors (Lipinski definition) is 3. The Hall–Kier alpha value is -0.0300. The highest BCUT2D eigenvalue weighted by molar-refractivity contribution is 6.30. The van der Waals surface area contributed by atoms with Gasteiger partial charge in [0.15, 0.2) is 0 Å². The minimum absolute atomic E-state index is 0. The number of aliphatic hydroxyl groups is 1. The van der Waals surface area contributed by atoms with Gasteiger partial charge in [-0.25, -0.2) is 0 Å². The van der Waals surface area contributed by atoms with Crippen LogP contribution < -0.4 is 34.6 Å². The Bertz CT molecular complexity index is 451. The molecule has 1 unspecified atom stereocenters. The van der Waals surface area contributed by atoms with Gasteiger partial charge in [0.2, 0.25) is 0 Å². The molecule has 0 spiro atoms. The Balaban J connectivity index is 0.00000312. The monoisotopic (exact) mass is 424 g/mol. The number of rotatable bonds is 10. The van der Waals surface area contributed by atoms with E-state index in [1.807, 2.05) is 12.1 Å². The van der Waals surface area contributed by atoms with Crippen LogP contribution in [0.3, 0.4) is 0 Å². The Kier molecular flexibility index (Phi) is 14.9. The van der Waals surface area contributed by atoms with E-state index in [4.69, 9.17) is 11.6 Å². The number of nitrogens with one attached hydrogen (secondary N) is 2. The minimum atomic E-state index is -0.122. The highest BCUT2D eigenvalue weighted by Gasteiger charge is 2.25. The van der Waals surface area contributed by atoms with Crippen molar-refractivity contribution in [3.8, 4) is 0 Å². The highest BCUT2D eigenvalue weighted by atomic mass is 35.5. The molecule has 1 saturated heterocycles. The van der Waals surface area contributed by atoms with E-state index in [0.29, 0.717) is 0 Å². The third-order valence-electron chi connectivity index (χ3n) is 5.23. The summed E-state index contributed by atoms with van der Waals surface area (Å²) in [5.41, 5.74) is 1.34. The Morgan fingerprint density at radius 3 is 2.12 bits per heavy atom. The fourth-order valence-electron chi connectivity index (χ4n) is 3.68. The van der Waals surface area contributed by atoms with E-state index in [-0.39, 0.29) is 30.9 Å². The molecular weight excluding hydrogens is 391 g/mol. The van der Waals surface area contributed by atoms with Gasteiger partial charge >= 0.3 is 0 Å². The van der Waals surface area contributed by atoms with Crippen molar-refractivity contribution in [1.82, 2.24) is 0 Å². The predicted octanol–water partition coefficient (Wildman–Crippen LogP) is -4.13. The molecule has 3 nitrogen and oxygen atoms in total. The number of halogens is 3. The second-order valence-electron chi connectivity index (χ2n) is 7.27. The van der Waals surface area contributed by atoms with Crippen molar-refractivity contribution in [2.24, 2.45) is 0 Å². The molecule has 3 N–H and O–H groups in total. The zero-order chi connectivity index (χ0) is 17.2. The zero-order valence-corrected chi connectivity index (χ0v) is 18.2. The summed E-state index contributed by atoms with van der Waals surface area (Å²) in [5.74, 6) is 0. The second-order valence-corrected chi connectivity index (χ2v) is 7.71. The van der Waals surface area contributed by atoms with Crippen LogP contribution in [0.15, 0.2) is 24.3 Å². The number of hydrogen-bond acceptors (Lipinski definition) is 1. The smallest absolute Gasteiger partial charge is 0.132 e. The molecule has 0 aliphatic carbocycles. The van der Waals surface area contributed by atoms with Gasteiger partial charge in [-0.2, -0.15) is 0 Å². The first-order valence-electron chi connectivity index (χ1n) is 9.81. The van der Waals surface area contributed by atoms with E-state index in [1.54, 1.807) is 9.80 Å². The van der Waals surface area contributed by atoms with Crippen molar-refractivity contribution < 1.29 is 39.7 Å². The van der Waals surface area contributed by atoms with Gasteiger partial charge in [-0.1, -0.05) is 57.0 Å². The Morgan fingerprint density at radius 1 is 0.923 bits per heavy atom. The van der Waals surface area contributed by atoms with Crippen LogP contribution in [0.5, 0.6) is 0 Å². The molecule has 6 heteroatoms. The van der Waals surface area contributed by atoms with Gasteiger partial charge in [-0.05, 0) is 18.6 Å². The Labute approximate surface area is 176 Å². The first-order chi connectivity index (χ1) is 11.7. The average Bonchev–Trinajstić information content (AvgIpc) is 2.59. The lowest BCUT2D eigenvalue weighted by molar-refractivity contribution is -0.988. The SMILES string of the molecule is CCCCCCCCC(O)C[NH+]1CC[NH+](c2ccc(Cl)cc2)CC1.[Cl-].[Cl-]. The van der Waals surface area contributed by atoms with Crippen molar-refractivity contribution in [3.63, 3.8) is 0 Å². The fraction of sp³-hybridized carbons (Fsp3) is 0.700. The molecule has 0 aromatic heterocycles. The number of unbranched alkanes of at least 4 members (excludes halogenated alkanes) is 5. The van der Waals surface area contributed by atoms with Crippen LogP contribution in [0, 0.1) is 0 Å². The first kappa shape index (κ1) is 26.0. The number of aliphatic hydroxyl groups excluding tert-OH is 1. The van der Waals surface area contributed by atoms with Crippen molar-refractivity contribution in [2.75, 3.05) is 32.7 Å². The molecule has 1 aliphatic heterocycles. The van der Waals surface area contributed by atoms with Crippen LogP contribution in [-0.2, 0) is 0 Å². The van der Waals surface area contributed by atoms with Gasteiger partial charge in [-0.3, -0.25) is 4.90 Å². The van der Waals surface area contributed by atoms with Crippen molar-refractivity contribution >= 4 is 17.3 Å². The third kappa shape index (κ3) is 9.77. The summed E-state index contributed by atoms with van der Waals surface area (Å²) in [6, 6.07) is 8.23. The normalized spacial score (nSPS) is 20.7. The van der Waals surface area contributed by atoms with Gasteiger partial charge in [0.05, 0.1) is 0 Å². The summed E-state index contributed by atoms with van der Waals surface area (Å²) in [5, 5.41) is 11.1. The maximum atomic E-state index is 10.3. The number of benzene rings is 1. The van der Waals surface area contributed by atoms with Crippen LogP contribution >= 0.6 is 11.6 Å². The van der Waals surface area contributed by atoms with Gasteiger partial charge in [0, 0.05) is 17.2 Å². The van der Waals surface area contributed by atoms with Crippen LogP contribution in [0.25, 0.3) is 0 Å². The molecule has 26 heavy (non-hydrogen) atoms. The second kappa shape index (κ2) is 15.0. The molecule has 1 atom stereocenters. The first-order valence-corrected chi connectivity index (χ1v) is 10.2. The average molecular weight is 426 g/mol. The molecule has 0 radical (unpaired) electrons. The number of quaternary nitrogens is 2. The summed E-state index contributed by atoms with van der Waals surface area (Å²) < 4.78 is 0. The molecule has 1 heterocycles. The van der Waals surface area contributed by atoms with Gasteiger partial charge < -0.3 is 34.8 Å². The molecular formula is C20H35Cl3N2O. The van der Waals surface area contributed by atoms with E-state index in [9.17, 15) is 5.11 Å². The largest absolute Gasteiger partial charge is 1.00 e. The summed E-state index contributed by atoms with van der Waals surface area (Å²) in [7, 11) is 0. The standard InChI is InChI=1S/C20H33ClN2O.2ClH/c1-2-3-4-5-6-7-8-20(24)17-22-13-15-23(16-14-22)19-11-9-18(21)10-12-19;;/h9-12,20,24H,2-8,13-17H2,1H3;2*1H. The minimum Gasteiger partial charge on any atom is -1.00 e. The molecule has 0 bridgehead atoms. The Morgan fingerprint density at radius 2 is 1.50 bits per heavy atom. The summed E-state index contributed by atoms with van der Waals surface area (Å²) in [6.45, 7) is 7.74. The molecule has 152 valence electrons. The van der Waals surface area contributed by atoms with Gasteiger partial charge in [0.1, 0.15) is 44.5 Å². The zero-order valence-electron chi connectivity index (χ0n) is 16.0. The molecule has 0 saturated carbocycles. The molecule has 2 rings (SSSR count). The van der Waals surface area contributed by atoms with E-state index < -0.39 is 0 Å². The van der Waals surface area contributed by atoms with Gasteiger partial charge in [-0.15, -0.1) is 0 Å². The number of piperazine rings is 1. The molecule has 1 aromatic rings. The predicted molar refractivity (Wildman–Crippen MR) is 101 cm³/mol. The quantitative estimate of drug-likeness (QED) is 0.327. The van der Waals surface area contributed by atoms with Crippen LogP contribution in [0.4, 0.5) is 5.69 Å². The van der Waals surface area contributed by atoms with Crippen LogP contribution in [0.1, 0.15) is 51.9 Å². The van der Waals surface area contributed by atoms with Crippen LogP contribution in [0.2, 0.25) is 5.02 Å². The lowest BCUT2D eigenvalue weighted by Crippen LogP contribution is -3.26. The molecule has 1 aromatic carbocycles. The van der Waals surface area contributed by atoms with Crippen molar-refractivity contribution in [1.29, 1.82) is 0 Å². The van der Waals surface area contributed by atoms with Crippen LogP contribution in [-0.4, -0.2) is 43.9 Å². The van der Waals surface area contributed by atoms with Gasteiger partial charge in [0.25, 0.3) is 0 Å². The summed E-state index contributed by atoms with van der Waals surface area (Å²) >= 11 is 5.97. The fourth-order valence-corrected chi connectivity index (χ4v) is 3.81. The maximum absolute atomic E-state index is 10.3. The highest BCUT2D eigenvalue weighted by Crippen LogP contribution is 2.10. The van der Waals surface area contributed by atoms with Crippen molar-refractivity contribution in [3.05, 3.63) is 29.3 Å². The summed E-state index contributed by atoms with van der Waals surface area (Å²) in [6.07, 6.45) is 8.65. The summed E-state index contributed by atoms with van der Waals surface area (Å²) in [4.78, 5) is 3.10. The molecule has 1 aliphatic rings. The van der Waals surface area contributed by atoms with Crippen molar-refractivity contribution in [2.45, 2.75) is 58.0 Å². The van der Waals surface area contributed by atoms with E-state index in [1.165, 1.54) is 44.2 Å². The molecule has 1 fully saturated rings. The van der Waals surface area contributed by atoms with E-state index in [2.05, 4.69) is 19.1 Å². The third-order valence-corrected chi connectivity index (χ3v) is 5.48. The van der Waals surface area contributed by atoms with E-state index >= 15 is 0 Å². The lowest BCUT2D eigenvalue weighted by atomic mass is 10.1.